The van der Waals surface area contributed by atoms with Crippen LogP contribution in [0.2, 0.25) is 0 Å². The van der Waals surface area contributed by atoms with Crippen molar-refractivity contribution < 1.29 is 9.52 Å². The second-order valence-corrected chi connectivity index (χ2v) is 8.73. The predicted octanol–water partition coefficient (Wildman–Crippen LogP) is 6.54. The Morgan fingerprint density at radius 2 is 1.46 bits per heavy atom. The largest absolute Gasteiger partial charge is 0.618 e. The Bertz CT molecular complexity index is 1540. The number of ketones is 1. The number of carbonyl (C=O) groups is 1. The first-order valence-corrected chi connectivity index (χ1v) is 11.6. The Morgan fingerprint density at radius 1 is 0.800 bits per heavy atom. The summed E-state index contributed by atoms with van der Waals surface area (Å²) in [4.78, 5) is 15.6. The zero-order valence-corrected chi connectivity index (χ0v) is 20.2. The number of pyridine rings is 2. The van der Waals surface area contributed by atoms with Gasteiger partial charge in [-0.2, -0.15) is 4.73 Å². The Morgan fingerprint density at radius 3 is 2.29 bits per heavy atom. The lowest BCUT2D eigenvalue weighted by Crippen LogP contribution is -2.26. The number of allylic oxidation sites excluding steroid dienone is 1. The summed E-state index contributed by atoms with van der Waals surface area (Å²) in [7, 11) is 0. The van der Waals surface area contributed by atoms with Gasteiger partial charge < -0.3 is 5.21 Å². The molecule has 0 amide bonds. The SMILES string of the molecule is CC1=Cc2ccccc2CC1=O.Cc1cc2ccccc2[n+]([O-])c1.Cc1cnc2ccccc2c1. The molecule has 6 rings (SSSR count). The summed E-state index contributed by atoms with van der Waals surface area (Å²) in [5.41, 5.74) is 7.20. The molecule has 4 heteroatoms. The van der Waals surface area contributed by atoms with E-state index >= 15 is 0 Å². The average Bonchev–Trinajstić information content (AvgIpc) is 2.85. The number of aromatic nitrogens is 2. The van der Waals surface area contributed by atoms with Gasteiger partial charge in [-0.15, -0.1) is 0 Å². The molecule has 2 aromatic heterocycles. The first kappa shape index (κ1) is 23.8. The van der Waals surface area contributed by atoms with E-state index in [1.807, 2.05) is 98.9 Å². The molecular weight excluding hydrogens is 432 g/mol. The second kappa shape index (κ2) is 10.7. The lowest BCUT2D eigenvalue weighted by Gasteiger charge is -2.11. The number of carbonyl (C=O) groups excluding carboxylic acids is 1. The summed E-state index contributed by atoms with van der Waals surface area (Å²) in [6, 6.07) is 27.9. The van der Waals surface area contributed by atoms with Gasteiger partial charge in [0.15, 0.2) is 12.0 Å². The van der Waals surface area contributed by atoms with Crippen molar-refractivity contribution in [2.24, 2.45) is 0 Å². The van der Waals surface area contributed by atoms with Gasteiger partial charge in [0.2, 0.25) is 5.52 Å². The minimum absolute atomic E-state index is 0.244. The molecule has 4 nitrogen and oxygen atoms in total. The van der Waals surface area contributed by atoms with Gasteiger partial charge in [0, 0.05) is 35.0 Å². The highest BCUT2D eigenvalue weighted by molar-refractivity contribution is 6.03. The van der Waals surface area contributed by atoms with E-state index in [1.54, 1.807) is 6.20 Å². The molecule has 0 saturated heterocycles. The Kier molecular flexibility index (Phi) is 7.32. The van der Waals surface area contributed by atoms with Crippen LogP contribution in [-0.4, -0.2) is 10.8 Å². The van der Waals surface area contributed by atoms with Gasteiger partial charge in [-0.3, -0.25) is 9.78 Å². The van der Waals surface area contributed by atoms with Gasteiger partial charge in [0.05, 0.1) is 5.52 Å². The van der Waals surface area contributed by atoms with Gasteiger partial charge in [0.25, 0.3) is 0 Å². The number of nitrogens with zero attached hydrogens (tertiary/aromatic N) is 2. The van der Waals surface area contributed by atoms with Crippen molar-refractivity contribution in [2.75, 3.05) is 0 Å². The van der Waals surface area contributed by atoms with E-state index in [-0.39, 0.29) is 5.78 Å². The van der Waals surface area contributed by atoms with E-state index in [4.69, 9.17) is 0 Å². The van der Waals surface area contributed by atoms with Crippen LogP contribution in [-0.2, 0) is 11.2 Å². The average molecular weight is 461 g/mol. The first-order valence-electron chi connectivity index (χ1n) is 11.6. The molecule has 0 spiro atoms. The molecule has 0 N–H and O–H groups in total. The van der Waals surface area contributed by atoms with Gasteiger partial charge in [-0.05, 0) is 73.4 Å². The number of aryl methyl sites for hydroxylation is 2. The fraction of sp³-hybridized carbons (Fsp3) is 0.129. The van der Waals surface area contributed by atoms with Gasteiger partial charge in [0.1, 0.15) is 0 Å². The maximum atomic E-state index is 11.3. The lowest BCUT2D eigenvalue weighted by molar-refractivity contribution is -0.577. The van der Waals surface area contributed by atoms with Crippen molar-refractivity contribution >= 4 is 33.7 Å². The van der Waals surface area contributed by atoms with Gasteiger partial charge >= 0.3 is 0 Å². The Balaban J connectivity index is 0.000000124. The van der Waals surface area contributed by atoms with Crippen molar-refractivity contribution in [1.82, 2.24) is 4.98 Å². The Labute approximate surface area is 205 Å². The molecule has 0 radical (unpaired) electrons. The fourth-order valence-electron chi connectivity index (χ4n) is 3.99. The van der Waals surface area contributed by atoms with Crippen LogP contribution in [0.15, 0.2) is 103 Å². The third-order valence-electron chi connectivity index (χ3n) is 5.82. The van der Waals surface area contributed by atoms with Crippen LogP contribution in [0, 0.1) is 19.1 Å². The smallest absolute Gasteiger partial charge is 0.223 e. The second-order valence-electron chi connectivity index (χ2n) is 8.73. The minimum atomic E-state index is 0.244. The third-order valence-corrected chi connectivity index (χ3v) is 5.82. The Hall–Kier alpha value is -4.31. The predicted molar refractivity (Wildman–Crippen MR) is 143 cm³/mol. The highest BCUT2D eigenvalue weighted by Crippen LogP contribution is 2.20. The lowest BCUT2D eigenvalue weighted by atomic mass is 9.92. The van der Waals surface area contributed by atoms with Crippen molar-refractivity contribution in [1.29, 1.82) is 0 Å². The highest BCUT2D eigenvalue weighted by atomic mass is 16.5. The normalized spacial score (nSPS) is 12.1. The highest BCUT2D eigenvalue weighted by Gasteiger charge is 2.13. The van der Waals surface area contributed by atoms with Gasteiger partial charge in [-0.25, -0.2) is 0 Å². The summed E-state index contributed by atoms with van der Waals surface area (Å²) < 4.78 is 0.907. The summed E-state index contributed by atoms with van der Waals surface area (Å²) in [5, 5.41) is 13.5. The molecule has 0 fully saturated rings. The van der Waals surface area contributed by atoms with Crippen molar-refractivity contribution in [2.45, 2.75) is 27.2 Å². The van der Waals surface area contributed by atoms with E-state index in [0.29, 0.717) is 6.42 Å². The standard InChI is InChI=1S/C11H10O.C10H9NO.C10H9N/c1-8-6-9-4-2-3-5-10(9)7-11(8)12;1-8-6-9-4-2-3-5-10(9)11(12)7-8;1-8-6-9-4-2-3-5-10(9)11-7-8/h2-6H,7H2,1H3;2-7H,1H3;2-7H,1H3. The number of Topliss-reactive ketones (excluding diaryl/α,β-unsaturated/α-hetero) is 1. The monoisotopic (exact) mass is 460 g/mol. The number of hydrogen-bond acceptors (Lipinski definition) is 3. The van der Waals surface area contributed by atoms with Crippen LogP contribution in [0.3, 0.4) is 0 Å². The molecule has 0 atom stereocenters. The number of para-hydroxylation sites is 2. The summed E-state index contributed by atoms with van der Waals surface area (Å²) in [5.74, 6) is 0.244. The van der Waals surface area contributed by atoms with Crippen molar-refractivity contribution in [3.8, 4) is 0 Å². The summed E-state index contributed by atoms with van der Waals surface area (Å²) in [6.07, 6.45) is 6.00. The van der Waals surface area contributed by atoms with Crippen LogP contribution in [0.4, 0.5) is 0 Å². The quantitative estimate of drug-likeness (QED) is 0.195. The molecule has 0 saturated carbocycles. The maximum Gasteiger partial charge on any atom is 0.223 e. The number of fused-ring (bicyclic) bond motifs is 3. The summed E-state index contributed by atoms with van der Waals surface area (Å²) in [6.45, 7) is 5.85. The number of hydrogen-bond donors (Lipinski definition) is 0. The molecule has 35 heavy (non-hydrogen) atoms. The van der Waals surface area contributed by atoms with Crippen LogP contribution in [0.25, 0.3) is 27.9 Å². The van der Waals surface area contributed by atoms with E-state index in [1.165, 1.54) is 16.5 Å². The van der Waals surface area contributed by atoms with E-state index < -0.39 is 0 Å². The maximum absolute atomic E-state index is 11.3. The fourth-order valence-corrected chi connectivity index (χ4v) is 3.99. The zero-order valence-electron chi connectivity index (χ0n) is 20.2. The van der Waals surface area contributed by atoms with E-state index in [9.17, 15) is 10.0 Å². The van der Waals surface area contributed by atoms with Crippen LogP contribution >= 0.6 is 0 Å². The van der Waals surface area contributed by atoms with Crippen LogP contribution in [0.1, 0.15) is 29.2 Å². The molecule has 2 heterocycles. The molecule has 3 aromatic carbocycles. The van der Waals surface area contributed by atoms with E-state index in [2.05, 4.69) is 24.0 Å². The van der Waals surface area contributed by atoms with Crippen LogP contribution < -0.4 is 4.73 Å². The number of rotatable bonds is 0. The third kappa shape index (κ3) is 5.98. The van der Waals surface area contributed by atoms with E-state index in [0.717, 1.165) is 37.9 Å². The molecule has 1 aliphatic carbocycles. The minimum Gasteiger partial charge on any atom is -0.618 e. The molecule has 174 valence electrons. The summed E-state index contributed by atoms with van der Waals surface area (Å²) >= 11 is 0. The van der Waals surface area contributed by atoms with Crippen molar-refractivity contribution in [3.63, 3.8) is 0 Å². The van der Waals surface area contributed by atoms with Crippen LogP contribution in [0.5, 0.6) is 0 Å². The molecule has 5 aromatic rings. The topological polar surface area (TPSA) is 56.9 Å². The molecule has 0 aliphatic heterocycles. The molecular formula is C31H28N2O2. The zero-order chi connectivity index (χ0) is 24.8. The van der Waals surface area contributed by atoms with Gasteiger partial charge in [-0.1, -0.05) is 54.6 Å². The molecule has 1 aliphatic rings. The molecule has 0 unspecified atom stereocenters. The number of benzene rings is 3. The molecule has 0 bridgehead atoms. The van der Waals surface area contributed by atoms with Crippen molar-refractivity contribution in [3.05, 3.63) is 130 Å². The first-order chi connectivity index (χ1) is 16.9.